The molecule has 7 heteroatoms. The van der Waals surface area contributed by atoms with E-state index in [0.29, 0.717) is 10.5 Å². The molecule has 1 N–H and O–H groups in total. The van der Waals surface area contributed by atoms with Gasteiger partial charge in [0.1, 0.15) is 11.3 Å². The number of piperidine rings is 1. The molecule has 1 aliphatic heterocycles. The van der Waals surface area contributed by atoms with Crippen molar-refractivity contribution < 1.29 is 9.18 Å². The monoisotopic (exact) mass is 403 g/mol. The third-order valence-corrected chi connectivity index (χ3v) is 6.42. The number of anilines is 2. The molecule has 0 spiro atoms. The van der Waals surface area contributed by atoms with Crippen molar-refractivity contribution in [3.8, 4) is 0 Å². The van der Waals surface area contributed by atoms with Gasteiger partial charge in [0.25, 0.3) is 0 Å². The number of nitrogens with zero attached hydrogens (tertiary/aromatic N) is 2. The number of amides is 1. The Morgan fingerprint density at radius 1 is 1.30 bits per heavy atom. The summed E-state index contributed by atoms with van der Waals surface area (Å²) >= 11 is 7.62. The molecule has 140 valence electrons. The zero-order valence-electron chi connectivity index (χ0n) is 14.8. The Balaban J connectivity index is 1.39. The molecule has 0 unspecified atom stereocenters. The minimum atomic E-state index is -0.291. The highest BCUT2D eigenvalue weighted by molar-refractivity contribution is 7.22. The minimum Gasteiger partial charge on any atom is -0.348 e. The molecule has 0 saturated carbocycles. The van der Waals surface area contributed by atoms with Crippen LogP contribution in [0.4, 0.5) is 15.2 Å². The summed E-state index contributed by atoms with van der Waals surface area (Å²) in [5.74, 6) is -0.321. The molecule has 0 radical (unpaired) electrons. The number of benzene rings is 2. The topological polar surface area (TPSA) is 45.2 Å². The number of nitrogens with one attached hydrogen (secondary N) is 1. The first-order valence-electron chi connectivity index (χ1n) is 8.88. The molecule has 2 aromatic carbocycles. The fraction of sp³-hybridized carbons (Fsp3) is 0.300. The van der Waals surface area contributed by atoms with Crippen molar-refractivity contribution in [2.45, 2.75) is 19.8 Å². The minimum absolute atomic E-state index is 0.0184. The molecule has 1 aromatic heterocycles. The number of rotatable bonds is 3. The van der Waals surface area contributed by atoms with E-state index in [2.05, 4.69) is 15.2 Å². The molecule has 3 aromatic rings. The number of aryl methyl sites for hydroxylation is 1. The lowest BCUT2D eigenvalue weighted by Gasteiger charge is -2.31. The first-order chi connectivity index (χ1) is 13.0. The van der Waals surface area contributed by atoms with E-state index in [1.54, 1.807) is 12.1 Å². The molecule has 0 atom stereocenters. The lowest BCUT2D eigenvalue weighted by molar-refractivity contribution is -0.120. The van der Waals surface area contributed by atoms with Gasteiger partial charge in [0, 0.05) is 29.7 Å². The number of halogens is 2. The molecule has 2 heterocycles. The highest BCUT2D eigenvalue weighted by Gasteiger charge is 2.27. The summed E-state index contributed by atoms with van der Waals surface area (Å²) in [5, 5.41) is 4.42. The van der Waals surface area contributed by atoms with E-state index < -0.39 is 0 Å². The smallest absolute Gasteiger partial charge is 0.227 e. The molecular formula is C20H19ClFN3OS. The van der Waals surface area contributed by atoms with E-state index in [4.69, 9.17) is 11.6 Å². The number of aromatic nitrogens is 1. The van der Waals surface area contributed by atoms with Gasteiger partial charge in [-0.25, -0.2) is 9.37 Å². The normalized spacial score (nSPS) is 15.3. The van der Waals surface area contributed by atoms with Gasteiger partial charge in [-0.05, 0) is 49.6 Å². The van der Waals surface area contributed by atoms with E-state index in [1.807, 2.05) is 25.1 Å². The summed E-state index contributed by atoms with van der Waals surface area (Å²) in [6, 6.07) is 10.6. The highest BCUT2D eigenvalue weighted by atomic mass is 35.5. The van der Waals surface area contributed by atoms with Gasteiger partial charge in [-0.3, -0.25) is 4.79 Å². The van der Waals surface area contributed by atoms with Crippen molar-refractivity contribution in [2.24, 2.45) is 5.92 Å². The molecule has 1 aliphatic rings. The van der Waals surface area contributed by atoms with E-state index in [-0.39, 0.29) is 17.6 Å². The molecule has 1 amide bonds. The zero-order valence-corrected chi connectivity index (χ0v) is 16.4. The van der Waals surface area contributed by atoms with Crippen LogP contribution in [0.15, 0.2) is 36.4 Å². The van der Waals surface area contributed by atoms with E-state index in [1.165, 1.54) is 17.4 Å². The van der Waals surface area contributed by atoms with E-state index in [0.717, 1.165) is 47.0 Å². The SMILES string of the molecule is Cc1ccc(NC(=O)C2CCN(c3nc4c(F)cccc4s3)CC2)cc1Cl. The summed E-state index contributed by atoms with van der Waals surface area (Å²) in [5.41, 5.74) is 2.13. The maximum Gasteiger partial charge on any atom is 0.227 e. The van der Waals surface area contributed by atoms with Crippen LogP contribution in [-0.4, -0.2) is 24.0 Å². The Kier molecular flexibility index (Phi) is 5.02. The molecule has 4 rings (SSSR count). The first kappa shape index (κ1) is 18.2. The Hall–Kier alpha value is -2.18. The quantitative estimate of drug-likeness (QED) is 0.649. The Morgan fingerprint density at radius 3 is 2.78 bits per heavy atom. The van der Waals surface area contributed by atoms with Crippen LogP contribution in [0.1, 0.15) is 18.4 Å². The fourth-order valence-electron chi connectivity index (χ4n) is 3.29. The van der Waals surface area contributed by atoms with Crippen LogP contribution in [0.25, 0.3) is 10.2 Å². The summed E-state index contributed by atoms with van der Waals surface area (Å²) in [6.07, 6.45) is 1.48. The standard InChI is InChI=1S/C20H19ClFN3OS/c1-12-5-6-14(11-15(12)21)23-19(26)13-7-9-25(10-8-13)20-24-18-16(22)3-2-4-17(18)27-20/h2-6,11,13H,7-10H2,1H3,(H,23,26). The largest absolute Gasteiger partial charge is 0.348 e. The van der Waals surface area contributed by atoms with Gasteiger partial charge in [-0.1, -0.05) is 35.1 Å². The van der Waals surface area contributed by atoms with Crippen molar-refractivity contribution in [1.82, 2.24) is 4.98 Å². The summed E-state index contributed by atoms with van der Waals surface area (Å²) < 4.78 is 14.7. The molecule has 27 heavy (non-hydrogen) atoms. The van der Waals surface area contributed by atoms with Crippen LogP contribution < -0.4 is 10.2 Å². The van der Waals surface area contributed by atoms with Gasteiger partial charge in [-0.15, -0.1) is 0 Å². The molecule has 0 aliphatic carbocycles. The van der Waals surface area contributed by atoms with Gasteiger partial charge in [0.2, 0.25) is 5.91 Å². The second kappa shape index (κ2) is 7.44. The zero-order chi connectivity index (χ0) is 19.0. The molecule has 1 fully saturated rings. The average Bonchev–Trinajstić information content (AvgIpc) is 3.11. The van der Waals surface area contributed by atoms with Crippen LogP contribution in [0.2, 0.25) is 5.02 Å². The van der Waals surface area contributed by atoms with Gasteiger partial charge in [-0.2, -0.15) is 0 Å². The second-order valence-corrected chi connectivity index (χ2v) is 8.21. The van der Waals surface area contributed by atoms with Crippen molar-refractivity contribution in [3.05, 3.63) is 52.8 Å². The van der Waals surface area contributed by atoms with Crippen LogP contribution >= 0.6 is 22.9 Å². The number of carbonyl (C=O) groups excluding carboxylic acids is 1. The Bertz CT molecular complexity index is 998. The maximum atomic E-state index is 13.9. The molecule has 1 saturated heterocycles. The number of carbonyl (C=O) groups is 1. The highest BCUT2D eigenvalue weighted by Crippen LogP contribution is 2.33. The lowest BCUT2D eigenvalue weighted by atomic mass is 9.96. The van der Waals surface area contributed by atoms with Crippen molar-refractivity contribution >= 4 is 49.9 Å². The van der Waals surface area contributed by atoms with E-state index >= 15 is 0 Å². The number of thiazole rings is 1. The molecular weight excluding hydrogens is 385 g/mol. The number of fused-ring (bicyclic) bond motifs is 1. The van der Waals surface area contributed by atoms with Crippen molar-refractivity contribution in [1.29, 1.82) is 0 Å². The van der Waals surface area contributed by atoms with Crippen molar-refractivity contribution in [2.75, 3.05) is 23.3 Å². The number of hydrogen-bond donors (Lipinski definition) is 1. The van der Waals surface area contributed by atoms with Crippen LogP contribution in [0, 0.1) is 18.7 Å². The third kappa shape index (κ3) is 3.77. The van der Waals surface area contributed by atoms with Crippen LogP contribution in [-0.2, 0) is 4.79 Å². The van der Waals surface area contributed by atoms with Gasteiger partial charge in [0.05, 0.1) is 4.70 Å². The molecule has 0 bridgehead atoms. The summed E-state index contributed by atoms with van der Waals surface area (Å²) in [4.78, 5) is 19.1. The summed E-state index contributed by atoms with van der Waals surface area (Å²) in [6.45, 7) is 3.39. The lowest BCUT2D eigenvalue weighted by Crippen LogP contribution is -2.38. The predicted molar refractivity (Wildman–Crippen MR) is 109 cm³/mol. The summed E-state index contributed by atoms with van der Waals surface area (Å²) in [7, 11) is 0. The Labute approximate surface area is 166 Å². The Morgan fingerprint density at radius 2 is 2.07 bits per heavy atom. The van der Waals surface area contributed by atoms with E-state index in [9.17, 15) is 9.18 Å². The first-order valence-corrected chi connectivity index (χ1v) is 10.1. The molecule has 4 nitrogen and oxygen atoms in total. The fourth-order valence-corrected chi connectivity index (χ4v) is 4.50. The maximum absolute atomic E-state index is 13.9. The van der Waals surface area contributed by atoms with Gasteiger partial charge in [0.15, 0.2) is 5.13 Å². The second-order valence-electron chi connectivity index (χ2n) is 6.80. The number of para-hydroxylation sites is 1. The predicted octanol–water partition coefficient (Wildman–Crippen LogP) is 5.25. The van der Waals surface area contributed by atoms with Gasteiger partial charge >= 0.3 is 0 Å². The van der Waals surface area contributed by atoms with Crippen LogP contribution in [0.3, 0.4) is 0 Å². The third-order valence-electron chi connectivity index (χ3n) is 4.93. The van der Waals surface area contributed by atoms with Crippen LogP contribution in [0.5, 0.6) is 0 Å². The van der Waals surface area contributed by atoms with Crippen molar-refractivity contribution in [3.63, 3.8) is 0 Å². The number of hydrogen-bond acceptors (Lipinski definition) is 4. The average molecular weight is 404 g/mol. The van der Waals surface area contributed by atoms with Gasteiger partial charge < -0.3 is 10.2 Å².